The molecule has 2 amide bonds. The molecule has 1 N–H and O–H groups in total. The van der Waals surface area contributed by atoms with E-state index in [-0.39, 0.29) is 18.4 Å². The number of benzene rings is 2. The Morgan fingerprint density at radius 1 is 1.04 bits per heavy atom. The zero-order chi connectivity index (χ0) is 19.1. The molecule has 138 valence electrons. The SMILES string of the molecule is CC(=O)N(CCNC(=O)COc1ccc(C)cc1)c1cccc(C)c1C. The number of rotatable bonds is 7. The largest absolute Gasteiger partial charge is 0.484 e. The summed E-state index contributed by atoms with van der Waals surface area (Å²) in [4.78, 5) is 25.6. The molecule has 0 atom stereocenters. The van der Waals surface area contributed by atoms with Gasteiger partial charge < -0.3 is 15.0 Å². The molecule has 0 spiro atoms. The maximum atomic E-state index is 12.0. The predicted molar refractivity (Wildman–Crippen MR) is 104 cm³/mol. The molecular formula is C21H26N2O3. The molecule has 0 unspecified atom stereocenters. The van der Waals surface area contributed by atoms with E-state index in [1.54, 1.807) is 4.90 Å². The van der Waals surface area contributed by atoms with Crippen LogP contribution < -0.4 is 15.0 Å². The van der Waals surface area contributed by atoms with Gasteiger partial charge in [-0.25, -0.2) is 0 Å². The summed E-state index contributed by atoms with van der Waals surface area (Å²) in [7, 11) is 0. The molecule has 0 aliphatic rings. The molecule has 0 saturated carbocycles. The third kappa shape index (κ3) is 5.34. The highest BCUT2D eigenvalue weighted by atomic mass is 16.5. The monoisotopic (exact) mass is 354 g/mol. The number of amides is 2. The number of anilines is 1. The number of ether oxygens (including phenoxy) is 1. The van der Waals surface area contributed by atoms with Crippen molar-refractivity contribution in [1.82, 2.24) is 5.32 Å². The van der Waals surface area contributed by atoms with Crippen LogP contribution in [0.3, 0.4) is 0 Å². The minimum Gasteiger partial charge on any atom is -0.484 e. The Labute approximate surface area is 155 Å². The smallest absolute Gasteiger partial charge is 0.258 e. The molecule has 0 aliphatic heterocycles. The van der Waals surface area contributed by atoms with E-state index in [0.29, 0.717) is 18.8 Å². The highest BCUT2D eigenvalue weighted by molar-refractivity contribution is 5.92. The summed E-state index contributed by atoms with van der Waals surface area (Å²) < 4.78 is 5.45. The van der Waals surface area contributed by atoms with Crippen LogP contribution >= 0.6 is 0 Å². The lowest BCUT2D eigenvalue weighted by atomic mass is 10.1. The molecule has 2 aromatic rings. The molecule has 26 heavy (non-hydrogen) atoms. The molecule has 0 fully saturated rings. The maximum Gasteiger partial charge on any atom is 0.258 e. The number of carbonyl (C=O) groups excluding carboxylic acids is 2. The second kappa shape index (κ2) is 9.04. The first kappa shape index (κ1) is 19.5. The van der Waals surface area contributed by atoms with Gasteiger partial charge in [0.25, 0.3) is 5.91 Å². The van der Waals surface area contributed by atoms with Crippen molar-refractivity contribution in [2.75, 3.05) is 24.6 Å². The summed E-state index contributed by atoms with van der Waals surface area (Å²) in [5, 5.41) is 2.80. The van der Waals surface area contributed by atoms with Gasteiger partial charge in [0.1, 0.15) is 5.75 Å². The normalized spacial score (nSPS) is 10.3. The molecule has 2 rings (SSSR count). The van der Waals surface area contributed by atoms with Gasteiger partial charge in [-0.15, -0.1) is 0 Å². The number of carbonyl (C=O) groups is 2. The van der Waals surface area contributed by atoms with Crippen LogP contribution in [0, 0.1) is 20.8 Å². The molecule has 0 heterocycles. The van der Waals surface area contributed by atoms with E-state index in [2.05, 4.69) is 5.32 Å². The summed E-state index contributed by atoms with van der Waals surface area (Å²) in [5.74, 6) is 0.394. The van der Waals surface area contributed by atoms with Crippen molar-refractivity contribution in [3.63, 3.8) is 0 Å². The van der Waals surface area contributed by atoms with Gasteiger partial charge in [-0.05, 0) is 50.1 Å². The van der Waals surface area contributed by atoms with E-state index in [1.807, 2.05) is 63.2 Å². The zero-order valence-electron chi connectivity index (χ0n) is 15.8. The van der Waals surface area contributed by atoms with E-state index >= 15 is 0 Å². The highest BCUT2D eigenvalue weighted by Gasteiger charge is 2.14. The quantitative estimate of drug-likeness (QED) is 0.831. The summed E-state index contributed by atoms with van der Waals surface area (Å²) in [5.41, 5.74) is 4.21. The van der Waals surface area contributed by atoms with Gasteiger partial charge in [-0.3, -0.25) is 9.59 Å². The van der Waals surface area contributed by atoms with Crippen molar-refractivity contribution < 1.29 is 14.3 Å². The van der Waals surface area contributed by atoms with E-state index in [0.717, 1.165) is 22.4 Å². The van der Waals surface area contributed by atoms with Crippen LogP contribution in [0.15, 0.2) is 42.5 Å². The van der Waals surface area contributed by atoms with Crippen LogP contribution in [-0.2, 0) is 9.59 Å². The van der Waals surface area contributed by atoms with E-state index < -0.39 is 0 Å². The fourth-order valence-corrected chi connectivity index (χ4v) is 2.62. The minimum absolute atomic E-state index is 0.0490. The third-order valence-corrected chi connectivity index (χ3v) is 4.30. The Morgan fingerprint density at radius 3 is 2.38 bits per heavy atom. The maximum absolute atomic E-state index is 12.0. The molecule has 0 bridgehead atoms. The number of nitrogens with one attached hydrogen (secondary N) is 1. The van der Waals surface area contributed by atoms with Crippen molar-refractivity contribution in [2.24, 2.45) is 0 Å². The number of hydrogen-bond acceptors (Lipinski definition) is 3. The average Bonchev–Trinajstić information content (AvgIpc) is 2.61. The number of nitrogens with zero attached hydrogens (tertiary/aromatic N) is 1. The highest BCUT2D eigenvalue weighted by Crippen LogP contribution is 2.22. The average molecular weight is 354 g/mol. The molecule has 5 heteroatoms. The fourth-order valence-electron chi connectivity index (χ4n) is 2.62. The van der Waals surface area contributed by atoms with Gasteiger partial charge in [0.05, 0.1) is 0 Å². The van der Waals surface area contributed by atoms with Gasteiger partial charge in [-0.2, -0.15) is 0 Å². The first-order valence-corrected chi connectivity index (χ1v) is 8.69. The standard InChI is InChI=1S/C21H26N2O3/c1-15-8-10-19(11-9-15)26-14-21(25)22-12-13-23(18(4)24)20-7-5-6-16(2)17(20)3/h5-11H,12-14H2,1-4H3,(H,22,25). The topological polar surface area (TPSA) is 58.6 Å². The zero-order valence-corrected chi connectivity index (χ0v) is 15.8. The van der Waals surface area contributed by atoms with Crippen molar-refractivity contribution in [3.8, 4) is 5.75 Å². The van der Waals surface area contributed by atoms with Crippen LogP contribution in [0.1, 0.15) is 23.6 Å². The van der Waals surface area contributed by atoms with Gasteiger partial charge in [0.2, 0.25) is 5.91 Å². The van der Waals surface area contributed by atoms with Crippen molar-refractivity contribution in [1.29, 1.82) is 0 Å². The van der Waals surface area contributed by atoms with Crippen molar-refractivity contribution >= 4 is 17.5 Å². The van der Waals surface area contributed by atoms with Gasteiger partial charge >= 0.3 is 0 Å². The van der Waals surface area contributed by atoms with E-state index in [1.165, 1.54) is 6.92 Å². The van der Waals surface area contributed by atoms with Crippen molar-refractivity contribution in [2.45, 2.75) is 27.7 Å². The third-order valence-electron chi connectivity index (χ3n) is 4.30. The van der Waals surface area contributed by atoms with Gasteiger partial charge in [0, 0.05) is 25.7 Å². The van der Waals surface area contributed by atoms with E-state index in [4.69, 9.17) is 4.74 Å². The second-order valence-electron chi connectivity index (χ2n) is 6.34. The molecule has 0 saturated heterocycles. The van der Waals surface area contributed by atoms with Crippen molar-refractivity contribution in [3.05, 3.63) is 59.2 Å². The molecule has 0 aliphatic carbocycles. The molecule has 0 aromatic heterocycles. The molecular weight excluding hydrogens is 328 g/mol. The molecule has 0 radical (unpaired) electrons. The van der Waals surface area contributed by atoms with Crippen LogP contribution in [0.25, 0.3) is 0 Å². The van der Waals surface area contributed by atoms with Gasteiger partial charge in [-0.1, -0.05) is 29.8 Å². The number of hydrogen-bond donors (Lipinski definition) is 1. The first-order chi connectivity index (χ1) is 12.4. The summed E-state index contributed by atoms with van der Waals surface area (Å²) in [6.07, 6.45) is 0. The van der Waals surface area contributed by atoms with E-state index in [9.17, 15) is 9.59 Å². The molecule has 5 nitrogen and oxygen atoms in total. The summed E-state index contributed by atoms with van der Waals surface area (Å²) in [6, 6.07) is 13.4. The van der Waals surface area contributed by atoms with Gasteiger partial charge in [0.15, 0.2) is 6.61 Å². The predicted octanol–water partition coefficient (Wildman–Crippen LogP) is 3.16. The molecule has 2 aromatic carbocycles. The van der Waals surface area contributed by atoms with Crippen LogP contribution in [0.5, 0.6) is 5.75 Å². The summed E-state index contributed by atoms with van der Waals surface area (Å²) in [6.45, 7) is 8.26. The first-order valence-electron chi connectivity index (χ1n) is 8.69. The van der Waals surface area contributed by atoms with Crippen LogP contribution in [0.2, 0.25) is 0 Å². The lowest BCUT2D eigenvalue weighted by molar-refractivity contribution is -0.123. The Balaban J connectivity index is 1.85. The lowest BCUT2D eigenvalue weighted by Crippen LogP contribution is -2.39. The Hall–Kier alpha value is -2.82. The fraction of sp³-hybridized carbons (Fsp3) is 0.333. The Morgan fingerprint density at radius 2 is 1.73 bits per heavy atom. The minimum atomic E-state index is -0.213. The lowest BCUT2D eigenvalue weighted by Gasteiger charge is -2.24. The van der Waals surface area contributed by atoms with Crippen LogP contribution in [0.4, 0.5) is 5.69 Å². The Kier molecular flexibility index (Phi) is 6.78. The van der Waals surface area contributed by atoms with Crippen LogP contribution in [-0.4, -0.2) is 31.5 Å². The second-order valence-corrected chi connectivity index (χ2v) is 6.34. The Bertz CT molecular complexity index is 769. The number of aryl methyl sites for hydroxylation is 2. The summed E-state index contributed by atoms with van der Waals surface area (Å²) >= 11 is 0.